The largest absolute Gasteiger partial charge is 0.486 e. The summed E-state index contributed by atoms with van der Waals surface area (Å²) in [5.41, 5.74) is 8.77. The minimum absolute atomic E-state index is 0.00546. The second-order valence-corrected chi connectivity index (χ2v) is 9.41. The van der Waals surface area contributed by atoms with Crippen molar-refractivity contribution in [3.8, 4) is 17.6 Å². The third kappa shape index (κ3) is 4.21. The van der Waals surface area contributed by atoms with Crippen molar-refractivity contribution in [2.45, 2.75) is 63.1 Å². The van der Waals surface area contributed by atoms with Gasteiger partial charge in [-0.15, -0.1) is 11.0 Å². The molecular weight excluding hydrogens is 412 g/mol. The van der Waals surface area contributed by atoms with E-state index in [0.29, 0.717) is 24.8 Å². The smallest absolute Gasteiger partial charge is 0.239 e. The number of fused-ring (bicyclic) bond motifs is 3. The maximum Gasteiger partial charge on any atom is 0.239 e. The van der Waals surface area contributed by atoms with E-state index in [0.717, 1.165) is 37.9 Å². The minimum atomic E-state index is -0.876. The minimum Gasteiger partial charge on any atom is -0.486 e. The molecule has 1 saturated carbocycles. The summed E-state index contributed by atoms with van der Waals surface area (Å²) in [4.78, 5) is 4.11. The number of anilines is 1. The van der Waals surface area contributed by atoms with E-state index in [1.165, 1.54) is 16.7 Å². The molecule has 0 bridgehead atoms. The van der Waals surface area contributed by atoms with E-state index < -0.39 is 5.60 Å². The van der Waals surface area contributed by atoms with Crippen LogP contribution < -0.4 is 10.5 Å². The van der Waals surface area contributed by atoms with E-state index in [4.69, 9.17) is 10.5 Å². The topological polar surface area (TPSA) is 97.1 Å². The van der Waals surface area contributed by atoms with Crippen molar-refractivity contribution in [1.82, 2.24) is 15.2 Å². The molecule has 1 aromatic heterocycles. The Morgan fingerprint density at radius 3 is 2.82 bits per heavy atom. The Hall–Kier alpha value is -3.30. The summed E-state index contributed by atoms with van der Waals surface area (Å²) in [6, 6.07) is 17.2. The Balaban J connectivity index is 1.47. The number of H-pyrrole nitrogens is 1. The standard InChI is InChI=1S/C27H30N4O2/c1-2-12-26(32)13-14-27(16-19-6-4-3-5-7-19)21(17-26)9-8-20-15-22(10-11-23(20)27)33-18-24-29-25(28)31-30-24/h3-7,10-11,15,21,32H,8-9,13-14,16-18H2,1H3,(H3,28,29,30,31)/t21-,26?,27+/m1/s1. The SMILES string of the molecule is CC#CC1(O)CC[C@@]2(Cc3ccccc3)c3ccc(OCc4nc(N)n[nH]4)cc3CC[C@@H]2C1. The van der Waals surface area contributed by atoms with Crippen LogP contribution in [0.1, 0.15) is 55.1 Å². The van der Waals surface area contributed by atoms with E-state index in [1.807, 2.05) is 6.92 Å². The maximum atomic E-state index is 11.1. The highest BCUT2D eigenvalue weighted by Gasteiger charge is 2.51. The van der Waals surface area contributed by atoms with Gasteiger partial charge in [0.2, 0.25) is 5.95 Å². The summed E-state index contributed by atoms with van der Waals surface area (Å²) in [7, 11) is 0. The molecule has 3 aromatic rings. The molecule has 5 rings (SSSR count). The molecule has 33 heavy (non-hydrogen) atoms. The van der Waals surface area contributed by atoms with Crippen molar-refractivity contribution in [3.63, 3.8) is 0 Å². The molecule has 170 valence electrons. The highest BCUT2D eigenvalue weighted by atomic mass is 16.5. The zero-order valence-electron chi connectivity index (χ0n) is 19.0. The van der Waals surface area contributed by atoms with Gasteiger partial charge in [0, 0.05) is 5.41 Å². The van der Waals surface area contributed by atoms with Gasteiger partial charge in [0.15, 0.2) is 5.82 Å². The molecule has 4 N–H and O–H groups in total. The first-order chi connectivity index (χ1) is 16.0. The lowest BCUT2D eigenvalue weighted by molar-refractivity contribution is -0.00805. The second-order valence-electron chi connectivity index (χ2n) is 9.41. The van der Waals surface area contributed by atoms with Gasteiger partial charge in [-0.1, -0.05) is 42.3 Å². The number of rotatable bonds is 5. The summed E-state index contributed by atoms with van der Waals surface area (Å²) in [5.74, 6) is 8.09. The average Bonchev–Trinajstić information content (AvgIpc) is 3.24. The average molecular weight is 443 g/mol. The van der Waals surface area contributed by atoms with Gasteiger partial charge in [-0.2, -0.15) is 4.98 Å². The number of aliphatic hydroxyl groups is 1. The molecule has 0 radical (unpaired) electrons. The molecule has 6 nitrogen and oxygen atoms in total. The van der Waals surface area contributed by atoms with Gasteiger partial charge in [0.25, 0.3) is 0 Å². The molecule has 1 fully saturated rings. The normalized spacial score (nSPS) is 25.9. The van der Waals surface area contributed by atoms with Crippen LogP contribution in [0.3, 0.4) is 0 Å². The monoisotopic (exact) mass is 442 g/mol. The quantitative estimate of drug-likeness (QED) is 0.520. The van der Waals surface area contributed by atoms with E-state index in [1.54, 1.807) is 0 Å². The van der Waals surface area contributed by atoms with Gasteiger partial charge in [-0.3, -0.25) is 5.10 Å². The molecule has 1 unspecified atom stereocenters. The number of nitrogens with one attached hydrogen (secondary N) is 1. The van der Waals surface area contributed by atoms with Gasteiger partial charge in [0.1, 0.15) is 18.0 Å². The van der Waals surface area contributed by atoms with Crippen LogP contribution in [0.5, 0.6) is 5.75 Å². The second kappa shape index (κ2) is 8.57. The van der Waals surface area contributed by atoms with Crippen molar-refractivity contribution in [1.29, 1.82) is 0 Å². The fraction of sp³-hybridized carbons (Fsp3) is 0.407. The molecule has 0 aliphatic heterocycles. The number of aryl methyl sites for hydroxylation is 1. The van der Waals surface area contributed by atoms with Crippen molar-refractivity contribution in [2.24, 2.45) is 5.92 Å². The lowest BCUT2D eigenvalue weighted by Gasteiger charge is -2.52. The van der Waals surface area contributed by atoms with Crippen LogP contribution in [0.25, 0.3) is 0 Å². The number of aromatic amines is 1. The molecule has 0 amide bonds. The summed E-state index contributed by atoms with van der Waals surface area (Å²) in [6.45, 7) is 2.11. The Bertz CT molecular complexity index is 1200. The van der Waals surface area contributed by atoms with Crippen LogP contribution >= 0.6 is 0 Å². The summed E-state index contributed by atoms with van der Waals surface area (Å²) < 4.78 is 5.98. The van der Waals surface area contributed by atoms with E-state index in [-0.39, 0.29) is 11.4 Å². The summed E-state index contributed by atoms with van der Waals surface area (Å²) in [5, 5.41) is 17.8. The highest BCUT2D eigenvalue weighted by molar-refractivity contribution is 5.45. The Morgan fingerprint density at radius 1 is 1.21 bits per heavy atom. The van der Waals surface area contributed by atoms with Crippen LogP contribution in [0.15, 0.2) is 48.5 Å². The zero-order chi connectivity index (χ0) is 22.9. The number of hydrogen-bond donors (Lipinski definition) is 3. The van der Waals surface area contributed by atoms with Gasteiger partial charge in [-0.25, -0.2) is 0 Å². The Morgan fingerprint density at radius 2 is 2.06 bits per heavy atom. The molecule has 0 saturated heterocycles. The van der Waals surface area contributed by atoms with Crippen LogP contribution in [0.4, 0.5) is 5.95 Å². The first kappa shape index (κ1) is 21.5. The van der Waals surface area contributed by atoms with Gasteiger partial charge >= 0.3 is 0 Å². The number of aromatic nitrogens is 3. The predicted molar refractivity (Wildman–Crippen MR) is 127 cm³/mol. The molecule has 2 aliphatic carbocycles. The first-order valence-electron chi connectivity index (χ1n) is 11.6. The van der Waals surface area contributed by atoms with Gasteiger partial charge in [0.05, 0.1) is 0 Å². The summed E-state index contributed by atoms with van der Waals surface area (Å²) >= 11 is 0. The van der Waals surface area contributed by atoms with E-state index >= 15 is 0 Å². The number of benzene rings is 2. The first-order valence-corrected chi connectivity index (χ1v) is 11.6. The maximum absolute atomic E-state index is 11.1. The Labute approximate surface area is 194 Å². The molecule has 6 heteroatoms. The molecule has 1 heterocycles. The highest BCUT2D eigenvalue weighted by Crippen LogP contribution is 2.54. The van der Waals surface area contributed by atoms with Crippen molar-refractivity contribution in [2.75, 3.05) is 5.73 Å². The van der Waals surface area contributed by atoms with Crippen molar-refractivity contribution < 1.29 is 9.84 Å². The Kier molecular flexibility index (Phi) is 5.59. The third-order valence-corrected chi connectivity index (χ3v) is 7.37. The van der Waals surface area contributed by atoms with Crippen LogP contribution in [0.2, 0.25) is 0 Å². The number of ether oxygens (including phenoxy) is 1. The third-order valence-electron chi connectivity index (χ3n) is 7.37. The molecule has 2 aromatic carbocycles. The van der Waals surface area contributed by atoms with E-state index in [9.17, 15) is 5.11 Å². The van der Waals surface area contributed by atoms with Crippen molar-refractivity contribution >= 4 is 5.95 Å². The van der Waals surface area contributed by atoms with Crippen LogP contribution in [0, 0.1) is 17.8 Å². The molecule has 3 atom stereocenters. The molecule has 0 spiro atoms. The fourth-order valence-electron chi connectivity index (χ4n) is 5.91. The number of nitrogens with two attached hydrogens (primary N) is 1. The van der Waals surface area contributed by atoms with Gasteiger partial charge < -0.3 is 15.6 Å². The van der Waals surface area contributed by atoms with E-state index in [2.05, 4.69) is 75.6 Å². The van der Waals surface area contributed by atoms with Crippen LogP contribution in [-0.4, -0.2) is 25.9 Å². The van der Waals surface area contributed by atoms with Gasteiger partial charge in [-0.05, 0) is 80.2 Å². The predicted octanol–water partition coefficient (Wildman–Crippen LogP) is 3.95. The number of nitrogen functional groups attached to an aromatic ring is 1. The zero-order valence-corrected chi connectivity index (χ0v) is 19.0. The number of hydrogen-bond acceptors (Lipinski definition) is 5. The summed E-state index contributed by atoms with van der Waals surface area (Å²) in [6.07, 6.45) is 5.32. The lowest BCUT2D eigenvalue weighted by Crippen LogP contribution is -2.50. The molecular formula is C27H30N4O2. The fourth-order valence-corrected chi connectivity index (χ4v) is 5.91. The number of nitrogens with zero attached hydrogens (tertiary/aromatic N) is 2. The van der Waals surface area contributed by atoms with Crippen molar-refractivity contribution in [3.05, 3.63) is 71.0 Å². The molecule has 2 aliphatic rings. The lowest BCUT2D eigenvalue weighted by atomic mass is 9.52. The van der Waals surface area contributed by atoms with Crippen LogP contribution in [-0.2, 0) is 24.9 Å².